The highest BCUT2D eigenvalue weighted by molar-refractivity contribution is 6.02. The van der Waals surface area contributed by atoms with Gasteiger partial charge in [-0.05, 0) is 68.8 Å². The number of nitrogens with two attached hydrogens (primary N) is 3. The number of imidazole rings is 3. The lowest BCUT2D eigenvalue weighted by atomic mass is 10.0. The van der Waals surface area contributed by atoms with Crippen LogP contribution >= 0.6 is 0 Å². The molecule has 7 rings (SSSR count). The summed E-state index contributed by atoms with van der Waals surface area (Å²) in [5.74, 6) is -2.00. The lowest BCUT2D eigenvalue weighted by Gasteiger charge is -2.13. The quantitative estimate of drug-likeness (QED) is 0.115. The molecule has 3 unspecified atom stereocenters. The van der Waals surface area contributed by atoms with E-state index in [1.54, 1.807) is 0 Å². The number of carboxylic acid groups (broad SMARTS) is 3. The van der Waals surface area contributed by atoms with Gasteiger partial charge in [0, 0.05) is 11.1 Å². The number of H-pyrrole nitrogens is 3. The fraction of sp³-hybridized carbons (Fsp3) is 0.143. The largest absolute Gasteiger partial charge is 0.545 e. The van der Waals surface area contributed by atoms with E-state index in [-0.39, 0.29) is 18.5 Å². The standard InChI is InChI=1S/3C11H13N3.C9H6O6/c3*1-9(12)14-8-7-13-11(14)10-5-3-2-4-6-10;10-7(11)4-1-2-5(8(12)13)6(3-4)9(14)15/h3*2-9H,12H2,1H3;1-3H,(H,10,11)(H,12,13)(H,14,15). The van der Waals surface area contributed by atoms with Gasteiger partial charge >= 0.3 is 0 Å². The summed E-state index contributed by atoms with van der Waals surface area (Å²) < 4.78 is 6.03. The fourth-order valence-electron chi connectivity index (χ4n) is 5.56. The molecule has 0 aliphatic heterocycles. The molecular weight excluding hydrogens is 727 g/mol. The zero-order valence-electron chi connectivity index (χ0n) is 31.6. The van der Waals surface area contributed by atoms with Crippen molar-refractivity contribution < 1.29 is 43.4 Å². The van der Waals surface area contributed by atoms with E-state index in [1.165, 1.54) is 0 Å². The number of hydrogen-bond donors (Lipinski definition) is 6. The highest BCUT2D eigenvalue weighted by Gasteiger charge is 2.17. The number of carbonyl (C=O) groups excluding carboxylic acids is 3. The van der Waals surface area contributed by atoms with E-state index in [2.05, 4.69) is 51.4 Å². The summed E-state index contributed by atoms with van der Waals surface area (Å²) in [6.07, 6.45) is 11.5. The number of carbonyl (C=O) groups is 3. The minimum Gasteiger partial charge on any atom is -0.545 e. The van der Waals surface area contributed by atoms with Gasteiger partial charge in [-0.2, -0.15) is 0 Å². The minimum absolute atomic E-state index is 0.0172. The normalized spacial score (nSPS) is 11.9. The molecule has 15 nitrogen and oxygen atoms in total. The monoisotopic (exact) mass is 771 g/mol. The molecule has 3 heterocycles. The summed E-state index contributed by atoms with van der Waals surface area (Å²) in [7, 11) is 0. The average Bonchev–Trinajstić information content (AvgIpc) is 4.01. The fourth-order valence-corrected chi connectivity index (χ4v) is 5.56. The molecule has 0 spiro atoms. The van der Waals surface area contributed by atoms with Crippen LogP contribution < -0.4 is 46.2 Å². The second-order valence-electron chi connectivity index (χ2n) is 12.6. The number of rotatable bonds is 9. The maximum atomic E-state index is 10.5. The first-order valence-corrected chi connectivity index (χ1v) is 17.8. The number of benzene rings is 4. The van der Waals surface area contributed by atoms with Gasteiger partial charge in [-0.15, -0.1) is 0 Å². The molecule has 7 aromatic rings. The van der Waals surface area contributed by atoms with Crippen LogP contribution in [0.5, 0.6) is 0 Å². The third-order valence-corrected chi connectivity index (χ3v) is 8.29. The predicted molar refractivity (Wildman–Crippen MR) is 205 cm³/mol. The maximum absolute atomic E-state index is 10.5. The third-order valence-electron chi connectivity index (χ3n) is 8.29. The van der Waals surface area contributed by atoms with Gasteiger partial charge in [0.15, 0.2) is 0 Å². The predicted octanol–water partition coefficient (Wildman–Crippen LogP) is 1.12. The van der Waals surface area contributed by atoms with E-state index in [0.29, 0.717) is 6.07 Å². The van der Waals surface area contributed by atoms with Crippen molar-refractivity contribution in [2.45, 2.75) is 39.3 Å². The second kappa shape index (κ2) is 20.5. The summed E-state index contributed by atoms with van der Waals surface area (Å²) in [5, 5.41) is 31.3. The zero-order chi connectivity index (χ0) is 41.5. The Morgan fingerprint density at radius 3 is 1.05 bits per heavy atom. The average molecular weight is 772 g/mol. The van der Waals surface area contributed by atoms with Crippen LogP contribution in [0.15, 0.2) is 146 Å². The number of aromatic nitrogens is 6. The first-order chi connectivity index (χ1) is 27.3. The Bertz CT molecular complexity index is 2140. The van der Waals surface area contributed by atoms with E-state index in [0.717, 1.165) is 46.3 Å². The zero-order valence-corrected chi connectivity index (χ0v) is 31.6. The molecule has 15 heteroatoms. The molecule has 4 aromatic carbocycles. The van der Waals surface area contributed by atoms with Gasteiger partial charge < -0.3 is 29.7 Å². The Morgan fingerprint density at radius 2 is 0.789 bits per heavy atom. The molecule has 3 aromatic heterocycles. The van der Waals surface area contributed by atoms with Crippen LogP contribution in [0.4, 0.5) is 0 Å². The van der Waals surface area contributed by atoms with Gasteiger partial charge in [0.05, 0.1) is 34.6 Å². The Kier molecular flexibility index (Phi) is 15.3. The molecular formula is C42H45N9O6. The van der Waals surface area contributed by atoms with Crippen molar-refractivity contribution in [2.24, 2.45) is 17.2 Å². The van der Waals surface area contributed by atoms with E-state index in [9.17, 15) is 29.7 Å². The van der Waals surface area contributed by atoms with Crippen LogP contribution in [0.25, 0.3) is 34.2 Å². The van der Waals surface area contributed by atoms with Crippen molar-refractivity contribution in [1.82, 2.24) is 15.0 Å². The summed E-state index contributed by atoms with van der Waals surface area (Å²) in [4.78, 5) is 40.9. The summed E-state index contributed by atoms with van der Waals surface area (Å²) in [6.45, 7) is 5.88. The lowest BCUT2D eigenvalue weighted by molar-refractivity contribution is -0.707. The topological polar surface area (TPSA) is 257 Å². The van der Waals surface area contributed by atoms with Gasteiger partial charge in [-0.3, -0.25) is 17.2 Å². The molecule has 3 atom stereocenters. The SMILES string of the molecule is CC(N)[n+]1cc[nH]c1-c1ccccc1.CC(N)[n+]1cc[nH]c1-c1ccccc1.CC(N)[n+]1cc[nH]c1-c1ccccc1.O=C([O-])c1ccc(C(=O)[O-])c(C(=O)[O-])c1. The smallest absolute Gasteiger partial charge is 0.287 e. The highest BCUT2D eigenvalue weighted by Crippen LogP contribution is 2.15. The highest BCUT2D eigenvalue weighted by atomic mass is 16.4. The van der Waals surface area contributed by atoms with Crippen molar-refractivity contribution in [1.29, 1.82) is 0 Å². The molecule has 57 heavy (non-hydrogen) atoms. The number of aromatic amines is 3. The Hall–Kier alpha value is -7.20. The number of hydrogen-bond acceptors (Lipinski definition) is 9. The van der Waals surface area contributed by atoms with E-state index < -0.39 is 34.6 Å². The summed E-state index contributed by atoms with van der Waals surface area (Å²) >= 11 is 0. The van der Waals surface area contributed by atoms with E-state index in [4.69, 9.17) is 17.2 Å². The van der Waals surface area contributed by atoms with Crippen molar-refractivity contribution in [2.75, 3.05) is 0 Å². The first-order valence-electron chi connectivity index (χ1n) is 17.8. The minimum atomic E-state index is -1.79. The summed E-state index contributed by atoms with van der Waals surface area (Å²) in [5.41, 5.74) is 19.1. The first kappa shape index (κ1) is 42.5. The Morgan fingerprint density at radius 1 is 0.474 bits per heavy atom. The van der Waals surface area contributed by atoms with Crippen LogP contribution in [0.1, 0.15) is 70.3 Å². The lowest BCUT2D eigenvalue weighted by Crippen LogP contribution is -2.43. The van der Waals surface area contributed by atoms with Crippen LogP contribution in [0.2, 0.25) is 0 Å². The van der Waals surface area contributed by atoms with Crippen molar-refractivity contribution in [3.63, 3.8) is 0 Å². The molecule has 0 aliphatic rings. The van der Waals surface area contributed by atoms with Gasteiger partial charge in [-0.25, -0.2) is 28.7 Å². The van der Waals surface area contributed by atoms with E-state index in [1.807, 2.05) is 126 Å². The van der Waals surface area contributed by atoms with Gasteiger partial charge in [-0.1, -0.05) is 66.7 Å². The number of carboxylic acids is 3. The van der Waals surface area contributed by atoms with Crippen LogP contribution in [0, 0.1) is 0 Å². The van der Waals surface area contributed by atoms with Crippen LogP contribution in [0.3, 0.4) is 0 Å². The van der Waals surface area contributed by atoms with Crippen molar-refractivity contribution in [3.05, 3.63) is 163 Å². The molecule has 9 N–H and O–H groups in total. The molecule has 0 fully saturated rings. The number of aromatic carboxylic acids is 3. The van der Waals surface area contributed by atoms with Crippen LogP contribution in [-0.2, 0) is 0 Å². The van der Waals surface area contributed by atoms with Gasteiger partial charge in [0.25, 0.3) is 17.5 Å². The third kappa shape index (κ3) is 11.6. The summed E-state index contributed by atoms with van der Waals surface area (Å²) in [6, 6.07) is 32.8. The van der Waals surface area contributed by atoms with Crippen molar-refractivity contribution in [3.8, 4) is 34.2 Å². The molecule has 0 radical (unpaired) electrons. The van der Waals surface area contributed by atoms with Crippen molar-refractivity contribution >= 4 is 17.9 Å². The molecule has 0 saturated heterocycles. The molecule has 294 valence electrons. The van der Waals surface area contributed by atoms with E-state index >= 15 is 0 Å². The Labute approximate surface area is 329 Å². The molecule has 0 saturated carbocycles. The van der Waals surface area contributed by atoms with Gasteiger partial charge in [0.2, 0.25) is 0 Å². The van der Waals surface area contributed by atoms with Gasteiger partial charge in [0.1, 0.15) is 55.7 Å². The number of nitrogens with one attached hydrogen (secondary N) is 3. The maximum Gasteiger partial charge on any atom is 0.287 e. The number of nitrogens with zero attached hydrogens (tertiary/aromatic N) is 3. The second-order valence-corrected chi connectivity index (χ2v) is 12.6. The molecule has 0 bridgehead atoms. The molecule has 0 amide bonds. The Balaban J connectivity index is 0.000000168. The van der Waals surface area contributed by atoms with Crippen LogP contribution in [-0.4, -0.2) is 32.9 Å². The molecule has 0 aliphatic carbocycles.